The summed E-state index contributed by atoms with van der Waals surface area (Å²) >= 11 is 0. The number of carbonyl (C=O) groups excluding carboxylic acids is 1. The van der Waals surface area contributed by atoms with Crippen molar-refractivity contribution < 1.29 is 24.2 Å². The van der Waals surface area contributed by atoms with E-state index in [1.807, 2.05) is 31.2 Å². The Morgan fingerprint density at radius 2 is 1.68 bits per heavy atom. The fourth-order valence-corrected chi connectivity index (χ4v) is 5.14. The van der Waals surface area contributed by atoms with Gasteiger partial charge in [0.2, 0.25) is 5.91 Å². The summed E-state index contributed by atoms with van der Waals surface area (Å²) in [4.78, 5) is 24.7. The van der Waals surface area contributed by atoms with Crippen LogP contribution in [0.1, 0.15) is 79.4 Å². The van der Waals surface area contributed by atoms with Gasteiger partial charge in [0.15, 0.2) is 0 Å². The number of carbonyl (C=O) groups is 2. The van der Waals surface area contributed by atoms with E-state index >= 15 is 0 Å². The molecular weight excluding hydrogens is 430 g/mol. The SMILES string of the molecule is C[C@H](NC(=O)C1(c2ccc(OCC3CCCCC3)cc2)CCOCC1)c1ccc(C(=O)O)cc1. The van der Waals surface area contributed by atoms with Gasteiger partial charge in [-0.25, -0.2) is 4.79 Å². The molecule has 34 heavy (non-hydrogen) atoms. The van der Waals surface area contributed by atoms with Gasteiger partial charge in [0.25, 0.3) is 0 Å². The Morgan fingerprint density at radius 3 is 2.29 bits per heavy atom. The third-order valence-corrected chi connectivity index (χ3v) is 7.40. The highest BCUT2D eigenvalue weighted by Crippen LogP contribution is 2.37. The summed E-state index contributed by atoms with van der Waals surface area (Å²) in [5.41, 5.74) is 1.42. The van der Waals surface area contributed by atoms with Gasteiger partial charge in [-0.3, -0.25) is 4.79 Å². The van der Waals surface area contributed by atoms with Crippen LogP contribution in [0.2, 0.25) is 0 Å². The number of ether oxygens (including phenoxy) is 2. The van der Waals surface area contributed by atoms with Crippen LogP contribution in [0.3, 0.4) is 0 Å². The first-order chi connectivity index (χ1) is 16.5. The fraction of sp³-hybridized carbons (Fsp3) is 0.500. The van der Waals surface area contributed by atoms with Crippen LogP contribution in [0.4, 0.5) is 0 Å². The van der Waals surface area contributed by atoms with E-state index in [9.17, 15) is 9.59 Å². The molecule has 1 saturated carbocycles. The van der Waals surface area contributed by atoms with E-state index < -0.39 is 11.4 Å². The van der Waals surface area contributed by atoms with Gasteiger partial charge in [-0.05, 0) is 73.9 Å². The molecule has 2 fully saturated rings. The largest absolute Gasteiger partial charge is 0.493 e. The van der Waals surface area contributed by atoms with Gasteiger partial charge in [-0.1, -0.05) is 43.5 Å². The van der Waals surface area contributed by atoms with Crippen molar-refractivity contribution >= 4 is 11.9 Å². The minimum atomic E-state index is -0.962. The molecule has 182 valence electrons. The molecule has 1 saturated heterocycles. The highest BCUT2D eigenvalue weighted by molar-refractivity contribution is 5.89. The molecule has 1 atom stereocenters. The summed E-state index contributed by atoms with van der Waals surface area (Å²) in [7, 11) is 0. The molecule has 1 aliphatic heterocycles. The second-order valence-corrected chi connectivity index (χ2v) is 9.66. The maximum atomic E-state index is 13.6. The molecule has 2 aliphatic rings. The lowest BCUT2D eigenvalue weighted by atomic mass is 9.73. The van der Waals surface area contributed by atoms with Crippen molar-refractivity contribution in [3.63, 3.8) is 0 Å². The molecule has 2 aromatic rings. The normalized spacial score (nSPS) is 19.2. The number of hydrogen-bond acceptors (Lipinski definition) is 4. The van der Waals surface area contributed by atoms with E-state index in [1.54, 1.807) is 24.3 Å². The third kappa shape index (κ3) is 5.61. The number of rotatable bonds is 8. The zero-order valence-corrected chi connectivity index (χ0v) is 19.9. The Hall–Kier alpha value is -2.86. The summed E-state index contributed by atoms with van der Waals surface area (Å²) in [6.07, 6.45) is 7.67. The van der Waals surface area contributed by atoms with Gasteiger partial charge < -0.3 is 19.9 Å². The Kier molecular flexibility index (Phi) is 7.88. The molecule has 0 bridgehead atoms. The Labute approximate surface area is 201 Å². The highest BCUT2D eigenvalue weighted by atomic mass is 16.5. The van der Waals surface area contributed by atoms with Gasteiger partial charge in [0.1, 0.15) is 5.75 Å². The predicted octanol–water partition coefficient (Wildman–Crippen LogP) is 5.27. The molecule has 0 spiro atoms. The monoisotopic (exact) mass is 465 g/mol. The first-order valence-corrected chi connectivity index (χ1v) is 12.4. The molecule has 0 unspecified atom stereocenters. The second-order valence-electron chi connectivity index (χ2n) is 9.66. The second kappa shape index (κ2) is 11.0. The molecule has 6 heteroatoms. The number of carboxylic acids is 1. The number of carboxylic acid groups (broad SMARTS) is 1. The van der Waals surface area contributed by atoms with E-state index in [2.05, 4.69) is 5.32 Å². The lowest BCUT2D eigenvalue weighted by Gasteiger charge is -2.37. The van der Waals surface area contributed by atoms with E-state index in [0.717, 1.165) is 23.5 Å². The predicted molar refractivity (Wildman–Crippen MR) is 130 cm³/mol. The van der Waals surface area contributed by atoms with Crippen molar-refractivity contribution in [2.75, 3.05) is 19.8 Å². The average Bonchev–Trinajstić information content (AvgIpc) is 2.88. The minimum Gasteiger partial charge on any atom is -0.493 e. The van der Waals surface area contributed by atoms with Crippen molar-refractivity contribution in [3.05, 3.63) is 65.2 Å². The molecule has 1 amide bonds. The Balaban J connectivity index is 1.45. The van der Waals surface area contributed by atoms with Crippen molar-refractivity contribution in [1.29, 1.82) is 0 Å². The number of aromatic carboxylic acids is 1. The Morgan fingerprint density at radius 1 is 1.03 bits per heavy atom. The molecule has 2 N–H and O–H groups in total. The summed E-state index contributed by atoms with van der Waals surface area (Å²) in [6.45, 7) is 3.75. The van der Waals surface area contributed by atoms with E-state index in [1.165, 1.54) is 32.1 Å². The van der Waals surface area contributed by atoms with Crippen molar-refractivity contribution in [2.45, 2.75) is 63.3 Å². The molecule has 1 aliphatic carbocycles. The summed E-state index contributed by atoms with van der Waals surface area (Å²) in [6, 6.07) is 14.4. The number of amides is 1. The van der Waals surface area contributed by atoms with Crippen molar-refractivity contribution in [2.24, 2.45) is 5.92 Å². The number of benzene rings is 2. The first-order valence-electron chi connectivity index (χ1n) is 12.4. The topological polar surface area (TPSA) is 84.9 Å². The average molecular weight is 466 g/mol. The van der Waals surface area contributed by atoms with Crippen LogP contribution in [-0.4, -0.2) is 36.8 Å². The quantitative estimate of drug-likeness (QED) is 0.555. The highest BCUT2D eigenvalue weighted by Gasteiger charge is 2.42. The standard InChI is InChI=1S/C28H35NO5/c1-20(22-7-9-23(10-8-22)26(30)31)29-27(32)28(15-17-33-18-16-28)24-11-13-25(14-12-24)34-19-21-5-3-2-4-6-21/h7-14,20-21H,2-6,15-19H2,1H3,(H,29,32)(H,30,31)/t20-/m0/s1. The molecule has 1 heterocycles. The van der Waals surface area contributed by atoms with Gasteiger partial charge >= 0.3 is 5.97 Å². The van der Waals surface area contributed by atoms with Crippen molar-refractivity contribution in [3.8, 4) is 5.75 Å². The maximum Gasteiger partial charge on any atom is 0.335 e. The third-order valence-electron chi connectivity index (χ3n) is 7.40. The number of nitrogens with one attached hydrogen (secondary N) is 1. The maximum absolute atomic E-state index is 13.6. The van der Waals surface area contributed by atoms with Crippen LogP contribution in [0, 0.1) is 5.92 Å². The van der Waals surface area contributed by atoms with Gasteiger partial charge in [0, 0.05) is 13.2 Å². The first kappa shape index (κ1) is 24.3. The minimum absolute atomic E-state index is 0.0264. The van der Waals surface area contributed by atoms with Crippen LogP contribution < -0.4 is 10.1 Å². The molecular formula is C28H35NO5. The van der Waals surface area contributed by atoms with Crippen LogP contribution in [0.15, 0.2) is 48.5 Å². The zero-order chi connectivity index (χ0) is 24.0. The van der Waals surface area contributed by atoms with Crippen LogP contribution in [0.5, 0.6) is 5.75 Å². The molecule has 4 rings (SSSR count). The summed E-state index contributed by atoms with van der Waals surface area (Å²) < 4.78 is 11.7. The van der Waals surface area contributed by atoms with Gasteiger partial charge in [-0.2, -0.15) is 0 Å². The molecule has 2 aromatic carbocycles. The van der Waals surface area contributed by atoms with Crippen LogP contribution in [-0.2, 0) is 14.9 Å². The van der Waals surface area contributed by atoms with Crippen LogP contribution >= 0.6 is 0 Å². The van der Waals surface area contributed by atoms with E-state index in [0.29, 0.717) is 32.0 Å². The summed E-state index contributed by atoms with van der Waals surface area (Å²) in [5, 5.41) is 12.3. The zero-order valence-electron chi connectivity index (χ0n) is 19.9. The molecule has 6 nitrogen and oxygen atoms in total. The van der Waals surface area contributed by atoms with Crippen molar-refractivity contribution in [1.82, 2.24) is 5.32 Å². The van der Waals surface area contributed by atoms with E-state index in [4.69, 9.17) is 14.6 Å². The molecule has 0 aromatic heterocycles. The van der Waals surface area contributed by atoms with Gasteiger partial charge in [0.05, 0.1) is 23.6 Å². The lowest BCUT2D eigenvalue weighted by Crippen LogP contribution is -2.48. The number of hydrogen-bond donors (Lipinski definition) is 2. The van der Waals surface area contributed by atoms with E-state index in [-0.39, 0.29) is 17.5 Å². The fourth-order valence-electron chi connectivity index (χ4n) is 5.14. The summed E-state index contributed by atoms with van der Waals surface area (Å²) in [5.74, 6) is 0.507. The molecule has 0 radical (unpaired) electrons. The van der Waals surface area contributed by atoms with Gasteiger partial charge in [-0.15, -0.1) is 0 Å². The smallest absolute Gasteiger partial charge is 0.335 e. The van der Waals surface area contributed by atoms with Crippen LogP contribution in [0.25, 0.3) is 0 Å². The lowest BCUT2D eigenvalue weighted by molar-refractivity contribution is -0.131. The Bertz CT molecular complexity index is 957.